The highest BCUT2D eigenvalue weighted by atomic mass is 16.5. The largest absolute Gasteiger partial charge is 0.468 e. The minimum absolute atomic E-state index is 0.406. The van der Waals surface area contributed by atoms with Crippen LogP contribution in [0.25, 0.3) is 17.0 Å². The monoisotopic (exact) mass is 332 g/mol. The van der Waals surface area contributed by atoms with E-state index in [0.29, 0.717) is 24.3 Å². The average molecular weight is 332 g/mol. The molecule has 2 aromatic heterocycles. The molecule has 0 unspecified atom stereocenters. The number of para-hydroxylation sites is 2. The minimum atomic E-state index is 0.406. The summed E-state index contributed by atoms with van der Waals surface area (Å²) in [7, 11) is 1.57. The van der Waals surface area contributed by atoms with E-state index in [9.17, 15) is 0 Å². The Morgan fingerprint density at radius 1 is 1.00 bits per heavy atom. The highest BCUT2D eigenvalue weighted by Gasteiger charge is 2.15. The third-order valence-electron chi connectivity index (χ3n) is 3.78. The van der Waals surface area contributed by atoms with Crippen molar-refractivity contribution in [3.63, 3.8) is 0 Å². The number of imidazole rings is 1. The molecule has 0 atom stereocenters. The quantitative estimate of drug-likeness (QED) is 0.605. The van der Waals surface area contributed by atoms with Gasteiger partial charge in [0.15, 0.2) is 5.82 Å². The molecule has 2 heterocycles. The van der Waals surface area contributed by atoms with Gasteiger partial charge in [0.1, 0.15) is 0 Å². The maximum absolute atomic E-state index is 5.38. The standard InChI is InChI=1S/C18H16N6O/c1-25-18-21-14-9-5-6-10-15(14)24(18)17-22-16(12-20-23-17)19-11-13-7-3-2-4-8-13/h2-10,12H,11H2,1H3,(H,19,22,23). The number of nitrogens with one attached hydrogen (secondary N) is 1. The van der Waals surface area contributed by atoms with Crippen LogP contribution in [0.1, 0.15) is 5.56 Å². The molecule has 0 saturated heterocycles. The van der Waals surface area contributed by atoms with Gasteiger partial charge < -0.3 is 10.1 Å². The Hall–Kier alpha value is -3.48. The maximum Gasteiger partial charge on any atom is 0.304 e. The molecule has 0 aliphatic rings. The summed E-state index contributed by atoms with van der Waals surface area (Å²) in [4.78, 5) is 8.99. The van der Waals surface area contributed by atoms with Gasteiger partial charge in [-0.15, -0.1) is 5.10 Å². The number of fused-ring (bicyclic) bond motifs is 1. The minimum Gasteiger partial charge on any atom is -0.468 e. The van der Waals surface area contributed by atoms with Gasteiger partial charge in [0.2, 0.25) is 0 Å². The van der Waals surface area contributed by atoms with Crippen molar-refractivity contribution in [1.82, 2.24) is 24.7 Å². The number of ether oxygens (including phenoxy) is 1. The molecule has 4 rings (SSSR count). The van der Waals surface area contributed by atoms with Crippen molar-refractivity contribution in [3.05, 3.63) is 66.4 Å². The summed E-state index contributed by atoms with van der Waals surface area (Å²) in [5, 5.41) is 11.5. The van der Waals surface area contributed by atoms with E-state index in [1.165, 1.54) is 0 Å². The van der Waals surface area contributed by atoms with Gasteiger partial charge in [0, 0.05) is 6.54 Å². The first-order valence-electron chi connectivity index (χ1n) is 7.84. The molecule has 7 nitrogen and oxygen atoms in total. The number of rotatable bonds is 5. The summed E-state index contributed by atoms with van der Waals surface area (Å²) < 4.78 is 7.12. The van der Waals surface area contributed by atoms with Crippen LogP contribution in [-0.2, 0) is 6.54 Å². The van der Waals surface area contributed by atoms with Crippen LogP contribution in [0.5, 0.6) is 6.01 Å². The number of methoxy groups -OCH3 is 1. The van der Waals surface area contributed by atoms with Gasteiger partial charge in [0.05, 0.1) is 24.3 Å². The lowest BCUT2D eigenvalue weighted by molar-refractivity contribution is 0.374. The Morgan fingerprint density at radius 3 is 2.64 bits per heavy atom. The number of hydrogen-bond acceptors (Lipinski definition) is 6. The van der Waals surface area contributed by atoms with Crippen LogP contribution < -0.4 is 10.1 Å². The van der Waals surface area contributed by atoms with Crippen LogP contribution in [-0.4, -0.2) is 31.8 Å². The summed E-state index contributed by atoms with van der Waals surface area (Å²) >= 11 is 0. The zero-order valence-electron chi connectivity index (χ0n) is 13.6. The Morgan fingerprint density at radius 2 is 1.80 bits per heavy atom. The fourth-order valence-corrected chi connectivity index (χ4v) is 2.60. The molecule has 7 heteroatoms. The molecule has 0 fully saturated rings. The lowest BCUT2D eigenvalue weighted by atomic mass is 10.2. The zero-order valence-corrected chi connectivity index (χ0v) is 13.6. The predicted octanol–water partition coefficient (Wildman–Crippen LogP) is 2.83. The molecular weight excluding hydrogens is 316 g/mol. The number of aromatic nitrogens is 5. The lowest BCUT2D eigenvalue weighted by Gasteiger charge is -2.08. The van der Waals surface area contributed by atoms with Crippen molar-refractivity contribution in [2.45, 2.75) is 6.54 Å². The van der Waals surface area contributed by atoms with Crippen molar-refractivity contribution < 1.29 is 4.74 Å². The fraction of sp³-hybridized carbons (Fsp3) is 0.111. The second kappa shape index (κ2) is 6.56. The van der Waals surface area contributed by atoms with Gasteiger partial charge in [-0.3, -0.25) is 0 Å². The van der Waals surface area contributed by atoms with Gasteiger partial charge >= 0.3 is 6.01 Å². The second-order valence-corrected chi connectivity index (χ2v) is 5.40. The summed E-state index contributed by atoms with van der Waals surface area (Å²) in [6, 6.07) is 18.2. The Kier molecular flexibility index (Phi) is 3.96. The summed E-state index contributed by atoms with van der Waals surface area (Å²) in [5.41, 5.74) is 2.83. The van der Waals surface area contributed by atoms with Gasteiger partial charge in [-0.2, -0.15) is 15.1 Å². The molecule has 0 bridgehead atoms. The summed E-state index contributed by atoms with van der Waals surface area (Å²) in [6.45, 7) is 0.654. The van der Waals surface area contributed by atoms with E-state index in [1.54, 1.807) is 17.9 Å². The van der Waals surface area contributed by atoms with E-state index in [2.05, 4.69) is 37.6 Å². The highest BCUT2D eigenvalue weighted by molar-refractivity contribution is 5.78. The molecule has 1 N–H and O–H groups in total. The smallest absolute Gasteiger partial charge is 0.304 e. The second-order valence-electron chi connectivity index (χ2n) is 5.40. The van der Waals surface area contributed by atoms with Crippen molar-refractivity contribution >= 4 is 16.9 Å². The lowest BCUT2D eigenvalue weighted by Crippen LogP contribution is -2.08. The summed E-state index contributed by atoms with van der Waals surface area (Å²) in [6.07, 6.45) is 1.60. The highest BCUT2D eigenvalue weighted by Crippen LogP contribution is 2.24. The molecule has 0 radical (unpaired) electrons. The molecule has 2 aromatic carbocycles. The van der Waals surface area contributed by atoms with E-state index in [-0.39, 0.29) is 0 Å². The van der Waals surface area contributed by atoms with Gasteiger partial charge in [-0.05, 0) is 17.7 Å². The van der Waals surface area contributed by atoms with E-state index in [0.717, 1.165) is 16.6 Å². The first-order valence-corrected chi connectivity index (χ1v) is 7.84. The van der Waals surface area contributed by atoms with Crippen LogP contribution in [0.2, 0.25) is 0 Å². The van der Waals surface area contributed by atoms with Crippen molar-refractivity contribution in [1.29, 1.82) is 0 Å². The molecule has 0 saturated carbocycles. The van der Waals surface area contributed by atoms with Crippen LogP contribution in [0, 0.1) is 0 Å². The zero-order chi connectivity index (χ0) is 17.1. The normalized spacial score (nSPS) is 10.8. The summed E-state index contributed by atoms with van der Waals surface area (Å²) in [5.74, 6) is 1.04. The maximum atomic E-state index is 5.38. The van der Waals surface area contributed by atoms with Gasteiger partial charge in [0.25, 0.3) is 5.95 Å². The van der Waals surface area contributed by atoms with Crippen molar-refractivity contribution in [2.75, 3.05) is 12.4 Å². The van der Waals surface area contributed by atoms with Gasteiger partial charge in [-0.1, -0.05) is 42.5 Å². The Bertz CT molecular complexity index is 999. The van der Waals surface area contributed by atoms with E-state index in [4.69, 9.17) is 4.74 Å². The van der Waals surface area contributed by atoms with Crippen LogP contribution >= 0.6 is 0 Å². The van der Waals surface area contributed by atoms with E-state index < -0.39 is 0 Å². The number of nitrogens with zero attached hydrogens (tertiary/aromatic N) is 5. The topological polar surface area (TPSA) is 77.8 Å². The van der Waals surface area contributed by atoms with E-state index >= 15 is 0 Å². The molecule has 0 aliphatic heterocycles. The molecule has 0 aliphatic carbocycles. The number of anilines is 1. The third kappa shape index (κ3) is 2.99. The Labute approximate surface area is 144 Å². The van der Waals surface area contributed by atoms with Gasteiger partial charge in [-0.25, -0.2) is 4.57 Å². The van der Waals surface area contributed by atoms with Crippen molar-refractivity contribution in [3.8, 4) is 12.0 Å². The average Bonchev–Trinajstić information content (AvgIpc) is 3.06. The molecule has 0 spiro atoms. The van der Waals surface area contributed by atoms with Crippen molar-refractivity contribution in [2.24, 2.45) is 0 Å². The molecular formula is C18H16N6O. The molecule has 0 amide bonds. The predicted molar refractivity (Wildman–Crippen MR) is 94.8 cm³/mol. The first-order chi connectivity index (χ1) is 12.3. The van der Waals surface area contributed by atoms with Crippen LogP contribution in [0.3, 0.4) is 0 Å². The first kappa shape index (κ1) is 15.1. The van der Waals surface area contributed by atoms with Crippen LogP contribution in [0.4, 0.5) is 5.82 Å². The van der Waals surface area contributed by atoms with Crippen LogP contribution in [0.15, 0.2) is 60.8 Å². The Balaban J connectivity index is 1.68. The molecule has 25 heavy (non-hydrogen) atoms. The third-order valence-corrected chi connectivity index (χ3v) is 3.78. The van der Waals surface area contributed by atoms with E-state index in [1.807, 2.05) is 42.5 Å². The molecule has 4 aromatic rings. The fourth-order valence-electron chi connectivity index (χ4n) is 2.60. The molecule has 124 valence electrons. The number of benzene rings is 2. The SMILES string of the molecule is COc1nc2ccccc2n1-c1nncc(NCc2ccccc2)n1. The number of hydrogen-bond donors (Lipinski definition) is 1.